The van der Waals surface area contributed by atoms with E-state index < -0.39 is 0 Å². The van der Waals surface area contributed by atoms with E-state index in [0.29, 0.717) is 32.0 Å². The lowest BCUT2D eigenvalue weighted by atomic mass is 9.92. The van der Waals surface area contributed by atoms with E-state index in [1.54, 1.807) is 0 Å². The van der Waals surface area contributed by atoms with Crippen LogP contribution >= 0.6 is 0 Å². The largest absolute Gasteiger partial charge is 0.464 e. The second kappa shape index (κ2) is 57.8. The number of benzene rings is 8. The van der Waals surface area contributed by atoms with Crippen LogP contribution in [0.1, 0.15) is 175 Å². The van der Waals surface area contributed by atoms with E-state index in [9.17, 15) is 19.2 Å². The maximum Gasteiger partial charge on any atom is 0.293 e. The first-order chi connectivity index (χ1) is 51.2. The highest BCUT2D eigenvalue weighted by Crippen LogP contribution is 2.21. The number of ether oxygens (including phenoxy) is 1. The Morgan fingerprint density at radius 2 is 0.610 bits per heavy atom. The molecule has 8 atom stereocenters. The number of aryl methyl sites for hydroxylation is 4. The summed E-state index contributed by atoms with van der Waals surface area (Å²) in [6.45, 7) is 14.9. The van der Waals surface area contributed by atoms with E-state index in [-0.39, 0.29) is 53.7 Å². The van der Waals surface area contributed by atoms with Crippen LogP contribution < -0.4 is 38.9 Å². The molecule has 0 aromatic heterocycles. The van der Waals surface area contributed by atoms with Gasteiger partial charge in [-0.25, -0.2) is 0 Å². The summed E-state index contributed by atoms with van der Waals surface area (Å²) in [7, 11) is 0. The fourth-order valence-corrected chi connectivity index (χ4v) is 12.3. The van der Waals surface area contributed by atoms with E-state index >= 15 is 0 Å². The summed E-state index contributed by atoms with van der Waals surface area (Å²) in [6.07, 6.45) is 22.6. The van der Waals surface area contributed by atoms with E-state index in [0.717, 1.165) is 128 Å². The van der Waals surface area contributed by atoms with Crippen LogP contribution in [0.15, 0.2) is 243 Å². The van der Waals surface area contributed by atoms with Crippen molar-refractivity contribution in [3.05, 3.63) is 287 Å². The first-order valence-electron chi connectivity index (χ1n) is 39.4. The van der Waals surface area contributed by atoms with Gasteiger partial charge in [0.2, 0.25) is 17.7 Å². The lowest BCUT2D eigenvalue weighted by Crippen LogP contribution is -2.40. The van der Waals surface area contributed by atoms with Crippen molar-refractivity contribution in [2.75, 3.05) is 32.7 Å². The van der Waals surface area contributed by atoms with Gasteiger partial charge in [0.1, 0.15) is 6.10 Å². The normalized spacial score (nSPS) is 13.0. The summed E-state index contributed by atoms with van der Waals surface area (Å²) < 4.78 is 5.19. The highest BCUT2D eigenvalue weighted by molar-refractivity contribution is 5.80. The second-order valence-electron chi connectivity index (χ2n) is 28.4. The molecule has 0 aliphatic rings. The Kier molecular flexibility index (Phi) is 48.9. The Morgan fingerprint density at radius 3 is 0.905 bits per heavy atom. The standard InChI is InChI=1S/C24H33NO.C23H32N2O.C22H31N3O.C17H18O2.C7H17N/c1-3-4-11-20(2)19-25-24(26)23(18-22-14-9-6-10-15-22)17-16-21-12-7-5-8-13-21;1-2-3-14-22(24)18-25-23(26)21(17-20-12-8-5-9-13-20)16-15-19-10-6-4-7-11-19;23-15-7-12-21(24)17-25-22(26)20(16-19-10-5-2-6-11-19)14-13-18-8-3-1-4-9-18;18-14-19-17(13-16-9-5-2-6-10-16)12-11-15-7-3-1-4-8-15;1-3-4-5-7(2)6-8/h5-10,12-15,20,23H,3-4,11,16-19H2,1-2H3,(H,25,26);4-13,21-22H,2-3,14-18,24H2,1H3,(H,25,26);1-6,8-11,20-21H,7,12-17,23-24H2,(H,25,26);1-10,14,17H,11-13H2;7H,3-6,8H2,1-2H3/t20-,23?;21?,22-;20?,21-;;7-/m000.0/s1. The number of carbonyl (C=O) groups excluding carboxylic acids is 4. The zero-order chi connectivity index (χ0) is 75.6. The van der Waals surface area contributed by atoms with Crippen LogP contribution in [0.3, 0.4) is 0 Å². The average molecular weight is 1430 g/mol. The molecule has 12 heteroatoms. The van der Waals surface area contributed by atoms with Crippen LogP contribution in [0.5, 0.6) is 0 Å². The van der Waals surface area contributed by atoms with Crippen LogP contribution in [-0.2, 0) is 75.3 Å². The number of unbranched alkanes of at least 4 members (excludes halogenated alkanes) is 3. The smallest absolute Gasteiger partial charge is 0.293 e. The van der Waals surface area contributed by atoms with Gasteiger partial charge >= 0.3 is 0 Å². The summed E-state index contributed by atoms with van der Waals surface area (Å²) in [5.41, 5.74) is 33.0. The summed E-state index contributed by atoms with van der Waals surface area (Å²) in [6, 6.07) is 82.3. The zero-order valence-corrected chi connectivity index (χ0v) is 64.4. The van der Waals surface area contributed by atoms with Crippen molar-refractivity contribution >= 4 is 24.2 Å². The summed E-state index contributed by atoms with van der Waals surface area (Å²) in [4.78, 5) is 49.0. The Hall–Kier alpha value is -8.52. The third kappa shape index (κ3) is 42.9. The molecule has 0 aliphatic carbocycles. The van der Waals surface area contributed by atoms with Crippen molar-refractivity contribution in [3.63, 3.8) is 0 Å². The molecule has 11 N–H and O–H groups in total. The first kappa shape index (κ1) is 88.9. The predicted octanol–water partition coefficient (Wildman–Crippen LogP) is 17.4. The molecular weight excluding hydrogens is 1300 g/mol. The summed E-state index contributed by atoms with van der Waals surface area (Å²) >= 11 is 0. The average Bonchev–Trinajstić information content (AvgIpc) is 0.917. The molecular formula is C93H131N7O5. The molecule has 4 unspecified atom stereocenters. The SMILES string of the molecule is CCCC[C@H](C)CN.CCCC[C@H](C)CNC(=O)C(CCc1ccccc1)Cc1ccccc1.CCCC[C@H](N)CNC(=O)C(CCc1ccccc1)Cc1ccccc1.NCCC[C@H](N)CNC(=O)C(CCc1ccccc1)Cc1ccccc1.O=COC(CCc1ccccc1)Cc1ccccc1. The minimum atomic E-state index is -0.0562. The maximum atomic E-state index is 12.8. The number of nitrogens with one attached hydrogen (secondary N) is 3. The quantitative estimate of drug-likeness (QED) is 0.0180. The number of amides is 3. The highest BCUT2D eigenvalue weighted by atomic mass is 16.5. The second-order valence-corrected chi connectivity index (χ2v) is 28.4. The minimum Gasteiger partial charge on any atom is -0.464 e. The Balaban J connectivity index is 0.000000287. The van der Waals surface area contributed by atoms with E-state index in [1.807, 2.05) is 133 Å². The lowest BCUT2D eigenvalue weighted by molar-refractivity contribution is -0.134. The van der Waals surface area contributed by atoms with Crippen molar-refractivity contribution in [1.82, 2.24) is 16.0 Å². The van der Waals surface area contributed by atoms with Crippen LogP contribution in [0.25, 0.3) is 0 Å². The van der Waals surface area contributed by atoms with Crippen LogP contribution in [-0.4, -0.2) is 75.1 Å². The molecule has 12 nitrogen and oxygen atoms in total. The summed E-state index contributed by atoms with van der Waals surface area (Å²) in [5, 5.41) is 9.34. The molecule has 0 saturated carbocycles. The zero-order valence-electron chi connectivity index (χ0n) is 64.4. The van der Waals surface area contributed by atoms with Crippen molar-refractivity contribution < 1.29 is 23.9 Å². The van der Waals surface area contributed by atoms with Crippen molar-refractivity contribution in [3.8, 4) is 0 Å². The fraction of sp³-hybridized carbons (Fsp3) is 0.441. The Morgan fingerprint density at radius 1 is 0.343 bits per heavy atom. The fourth-order valence-electron chi connectivity index (χ4n) is 12.3. The lowest BCUT2D eigenvalue weighted by Gasteiger charge is -2.19. The molecule has 0 saturated heterocycles. The van der Waals surface area contributed by atoms with E-state index in [1.165, 1.54) is 83.0 Å². The molecule has 0 spiro atoms. The molecule has 105 heavy (non-hydrogen) atoms. The van der Waals surface area contributed by atoms with Crippen LogP contribution in [0.4, 0.5) is 0 Å². The Labute approximate surface area is 633 Å². The minimum absolute atomic E-state index is 0.0241. The number of carbonyl (C=O) groups is 4. The predicted molar refractivity (Wildman–Crippen MR) is 440 cm³/mol. The number of hydrogen-bond acceptors (Lipinski definition) is 9. The van der Waals surface area contributed by atoms with Gasteiger partial charge in [-0.15, -0.1) is 0 Å². The molecule has 3 amide bonds. The first-order valence-corrected chi connectivity index (χ1v) is 39.4. The van der Waals surface area contributed by atoms with E-state index in [4.69, 9.17) is 27.7 Å². The van der Waals surface area contributed by atoms with Crippen LogP contribution in [0, 0.1) is 29.6 Å². The number of nitrogens with two attached hydrogens (primary N) is 4. The topological polar surface area (TPSA) is 218 Å². The van der Waals surface area contributed by atoms with Gasteiger partial charge in [-0.1, -0.05) is 316 Å². The van der Waals surface area contributed by atoms with Gasteiger partial charge in [0.05, 0.1) is 0 Å². The molecule has 0 fully saturated rings. The monoisotopic (exact) mass is 1430 g/mol. The Bertz CT molecular complexity index is 3100. The van der Waals surface area contributed by atoms with Crippen LogP contribution in [0.2, 0.25) is 0 Å². The van der Waals surface area contributed by atoms with Gasteiger partial charge in [0, 0.05) is 55.9 Å². The third-order valence-electron chi connectivity index (χ3n) is 19.0. The van der Waals surface area contributed by atoms with Gasteiger partial charge in [-0.2, -0.15) is 0 Å². The molecule has 8 aromatic carbocycles. The van der Waals surface area contributed by atoms with Crippen molar-refractivity contribution in [2.45, 2.75) is 200 Å². The van der Waals surface area contributed by atoms with Gasteiger partial charge < -0.3 is 43.6 Å². The van der Waals surface area contributed by atoms with Gasteiger partial charge in [0.15, 0.2) is 0 Å². The molecule has 0 heterocycles. The van der Waals surface area contributed by atoms with Gasteiger partial charge in [-0.05, 0) is 172 Å². The van der Waals surface area contributed by atoms with Gasteiger partial charge in [-0.3, -0.25) is 19.2 Å². The number of hydrogen-bond donors (Lipinski definition) is 7. The molecule has 8 aromatic rings. The molecule has 0 radical (unpaired) electrons. The highest BCUT2D eigenvalue weighted by Gasteiger charge is 2.23. The van der Waals surface area contributed by atoms with Crippen molar-refractivity contribution in [2.24, 2.45) is 52.5 Å². The van der Waals surface area contributed by atoms with E-state index in [2.05, 4.69) is 160 Å². The van der Waals surface area contributed by atoms with Crippen molar-refractivity contribution in [1.29, 1.82) is 0 Å². The van der Waals surface area contributed by atoms with Gasteiger partial charge in [0.25, 0.3) is 6.47 Å². The maximum absolute atomic E-state index is 12.8. The molecule has 0 bridgehead atoms. The summed E-state index contributed by atoms with van der Waals surface area (Å²) in [5.74, 6) is 1.63. The molecule has 0 aliphatic heterocycles. The third-order valence-corrected chi connectivity index (χ3v) is 19.0. The molecule has 568 valence electrons. The molecule has 8 rings (SSSR count). The number of rotatable bonds is 44.